The molecule has 2 rings (SSSR count). The molecule has 0 aliphatic carbocycles. The second kappa shape index (κ2) is 7.61. The van der Waals surface area contributed by atoms with Crippen molar-refractivity contribution in [3.05, 3.63) is 46.2 Å². The number of para-hydroxylation sites is 1. The van der Waals surface area contributed by atoms with Crippen LogP contribution in [-0.4, -0.2) is 16.3 Å². The Balaban J connectivity index is 2.02. The summed E-state index contributed by atoms with van der Waals surface area (Å²) in [6.07, 6.45) is 3.79. The Morgan fingerprint density at radius 1 is 1.38 bits per heavy atom. The summed E-state index contributed by atoms with van der Waals surface area (Å²) in [6.45, 7) is 6.73. The Morgan fingerprint density at radius 3 is 2.86 bits per heavy atom. The van der Waals surface area contributed by atoms with Crippen LogP contribution in [0.5, 0.6) is 5.75 Å². The van der Waals surface area contributed by atoms with E-state index in [1.54, 1.807) is 4.68 Å². The van der Waals surface area contributed by atoms with Gasteiger partial charge in [0.1, 0.15) is 12.4 Å². The molecule has 1 aromatic heterocycles. The van der Waals surface area contributed by atoms with Crippen molar-refractivity contribution in [3.8, 4) is 5.75 Å². The quantitative estimate of drug-likeness (QED) is 0.829. The number of hydrogen-bond donors (Lipinski definition) is 1. The molecule has 1 aromatic carbocycles. The molecule has 4 nitrogen and oxygen atoms in total. The van der Waals surface area contributed by atoms with Crippen LogP contribution in [0.25, 0.3) is 0 Å². The number of nitrogens with zero attached hydrogens (tertiary/aromatic N) is 2. The van der Waals surface area contributed by atoms with Gasteiger partial charge in [0, 0.05) is 30.9 Å². The predicted molar refractivity (Wildman–Crippen MR) is 88.2 cm³/mol. The van der Waals surface area contributed by atoms with Gasteiger partial charge in [-0.3, -0.25) is 4.68 Å². The highest BCUT2D eigenvalue weighted by Crippen LogP contribution is 2.29. The van der Waals surface area contributed by atoms with E-state index in [2.05, 4.69) is 46.3 Å². The van der Waals surface area contributed by atoms with Gasteiger partial charge in [-0.15, -0.1) is 0 Å². The second-order valence-corrected chi connectivity index (χ2v) is 6.42. The highest BCUT2D eigenvalue weighted by molar-refractivity contribution is 9.10. The first-order valence-corrected chi connectivity index (χ1v) is 7.94. The van der Waals surface area contributed by atoms with Crippen molar-refractivity contribution in [1.82, 2.24) is 15.1 Å². The molecule has 1 heterocycles. The van der Waals surface area contributed by atoms with E-state index in [9.17, 15) is 0 Å². The van der Waals surface area contributed by atoms with Crippen molar-refractivity contribution in [2.45, 2.75) is 27.0 Å². The van der Waals surface area contributed by atoms with Gasteiger partial charge >= 0.3 is 0 Å². The van der Waals surface area contributed by atoms with Crippen molar-refractivity contribution in [2.24, 2.45) is 13.0 Å². The molecule has 0 aliphatic rings. The summed E-state index contributed by atoms with van der Waals surface area (Å²) in [5.41, 5.74) is 2.23. The van der Waals surface area contributed by atoms with Crippen molar-refractivity contribution in [3.63, 3.8) is 0 Å². The molecule has 0 fully saturated rings. The fraction of sp³-hybridized carbons (Fsp3) is 0.438. The summed E-state index contributed by atoms with van der Waals surface area (Å²) in [6, 6.07) is 6.13. The van der Waals surface area contributed by atoms with Crippen LogP contribution < -0.4 is 10.1 Å². The first-order valence-electron chi connectivity index (χ1n) is 7.14. The highest BCUT2D eigenvalue weighted by atomic mass is 79.9. The van der Waals surface area contributed by atoms with E-state index < -0.39 is 0 Å². The van der Waals surface area contributed by atoms with E-state index in [0.717, 1.165) is 34.4 Å². The minimum atomic E-state index is 0.521. The molecule has 5 heteroatoms. The molecule has 21 heavy (non-hydrogen) atoms. The van der Waals surface area contributed by atoms with Crippen molar-refractivity contribution < 1.29 is 4.74 Å². The largest absolute Gasteiger partial charge is 0.487 e. The summed E-state index contributed by atoms with van der Waals surface area (Å²) in [5, 5.41) is 7.61. The number of nitrogens with one attached hydrogen (secondary N) is 1. The third kappa shape index (κ3) is 4.86. The molecule has 114 valence electrons. The number of halogens is 1. The zero-order valence-electron chi connectivity index (χ0n) is 12.8. The fourth-order valence-corrected chi connectivity index (χ4v) is 2.57. The highest BCUT2D eigenvalue weighted by Gasteiger charge is 2.09. The predicted octanol–water partition coefficient (Wildman–Crippen LogP) is 3.51. The van der Waals surface area contributed by atoms with Crippen LogP contribution in [0.3, 0.4) is 0 Å². The standard InChI is InChI=1S/C16H22BrN3O/c1-12(2)7-18-9-14-5-4-6-15(17)16(14)21-11-13-8-19-20(3)10-13/h4-6,8,10,12,18H,7,9,11H2,1-3H3. The lowest BCUT2D eigenvalue weighted by Crippen LogP contribution is -2.19. The number of aryl methyl sites for hydroxylation is 1. The Morgan fingerprint density at radius 2 is 2.19 bits per heavy atom. The van der Waals surface area contributed by atoms with E-state index in [0.29, 0.717) is 12.5 Å². The molecule has 0 atom stereocenters. The average Bonchev–Trinajstić information content (AvgIpc) is 2.83. The van der Waals surface area contributed by atoms with E-state index >= 15 is 0 Å². The van der Waals surface area contributed by atoms with E-state index in [-0.39, 0.29) is 0 Å². The van der Waals surface area contributed by atoms with E-state index in [4.69, 9.17) is 4.74 Å². The molecule has 0 unspecified atom stereocenters. The Kier molecular flexibility index (Phi) is 5.82. The van der Waals surface area contributed by atoms with Gasteiger partial charge in [-0.25, -0.2) is 0 Å². The first-order chi connectivity index (χ1) is 10.1. The SMILES string of the molecule is CC(C)CNCc1cccc(Br)c1OCc1cnn(C)c1. The molecule has 1 N–H and O–H groups in total. The van der Waals surface area contributed by atoms with Gasteiger partial charge in [-0.1, -0.05) is 26.0 Å². The fourth-order valence-electron chi connectivity index (χ4n) is 2.05. The van der Waals surface area contributed by atoms with Crippen molar-refractivity contribution >= 4 is 15.9 Å². The van der Waals surface area contributed by atoms with Crippen molar-refractivity contribution in [2.75, 3.05) is 6.54 Å². The van der Waals surface area contributed by atoms with Crippen LogP contribution in [0.4, 0.5) is 0 Å². The minimum Gasteiger partial charge on any atom is -0.487 e. The molecular formula is C16H22BrN3O. The van der Waals surface area contributed by atoms with Gasteiger partial charge in [0.15, 0.2) is 0 Å². The van der Waals surface area contributed by atoms with Crippen LogP contribution in [0.2, 0.25) is 0 Å². The molecule has 0 aliphatic heterocycles. The van der Waals surface area contributed by atoms with Gasteiger partial charge in [-0.05, 0) is 34.5 Å². The summed E-state index contributed by atoms with van der Waals surface area (Å²) < 4.78 is 8.75. The molecule has 0 saturated heterocycles. The van der Waals surface area contributed by atoms with Gasteiger partial charge < -0.3 is 10.1 Å². The third-order valence-corrected chi connectivity index (χ3v) is 3.68. The van der Waals surface area contributed by atoms with E-state index in [1.807, 2.05) is 31.6 Å². The van der Waals surface area contributed by atoms with Crippen LogP contribution in [0.15, 0.2) is 35.1 Å². The number of rotatable bonds is 7. The number of ether oxygens (including phenoxy) is 1. The van der Waals surface area contributed by atoms with E-state index in [1.165, 1.54) is 0 Å². The molecule has 0 spiro atoms. The third-order valence-electron chi connectivity index (χ3n) is 3.06. The van der Waals surface area contributed by atoms with Crippen LogP contribution >= 0.6 is 15.9 Å². The first kappa shape index (κ1) is 16.0. The molecule has 0 saturated carbocycles. The molecule has 0 radical (unpaired) electrons. The monoisotopic (exact) mass is 351 g/mol. The summed E-state index contributed by atoms with van der Waals surface area (Å²) in [7, 11) is 1.91. The zero-order chi connectivity index (χ0) is 15.2. The molecule has 0 bridgehead atoms. The summed E-state index contributed by atoms with van der Waals surface area (Å²) in [5.74, 6) is 1.54. The summed E-state index contributed by atoms with van der Waals surface area (Å²) in [4.78, 5) is 0. The Labute approximate surface area is 134 Å². The van der Waals surface area contributed by atoms with Crippen LogP contribution in [-0.2, 0) is 20.2 Å². The van der Waals surface area contributed by atoms with Crippen LogP contribution in [0, 0.1) is 5.92 Å². The van der Waals surface area contributed by atoms with Gasteiger partial charge in [0.2, 0.25) is 0 Å². The second-order valence-electron chi connectivity index (χ2n) is 5.56. The average molecular weight is 352 g/mol. The topological polar surface area (TPSA) is 39.1 Å². The Hall–Kier alpha value is -1.33. The molecule has 0 amide bonds. The number of aromatic nitrogens is 2. The van der Waals surface area contributed by atoms with Crippen molar-refractivity contribution in [1.29, 1.82) is 0 Å². The lowest BCUT2D eigenvalue weighted by atomic mass is 10.2. The number of hydrogen-bond acceptors (Lipinski definition) is 3. The number of benzene rings is 1. The Bertz CT molecular complexity index is 581. The maximum Gasteiger partial charge on any atom is 0.138 e. The molecule has 2 aromatic rings. The maximum absolute atomic E-state index is 5.98. The van der Waals surface area contributed by atoms with Gasteiger partial charge in [0.25, 0.3) is 0 Å². The maximum atomic E-state index is 5.98. The lowest BCUT2D eigenvalue weighted by Gasteiger charge is -2.14. The molecular weight excluding hydrogens is 330 g/mol. The van der Waals surface area contributed by atoms with Crippen LogP contribution in [0.1, 0.15) is 25.0 Å². The smallest absolute Gasteiger partial charge is 0.138 e. The zero-order valence-corrected chi connectivity index (χ0v) is 14.4. The summed E-state index contributed by atoms with van der Waals surface area (Å²) >= 11 is 3.57. The van der Waals surface area contributed by atoms with Gasteiger partial charge in [-0.2, -0.15) is 5.10 Å². The lowest BCUT2D eigenvalue weighted by molar-refractivity contribution is 0.300. The minimum absolute atomic E-state index is 0.521. The normalized spacial score (nSPS) is 11.1. The van der Waals surface area contributed by atoms with Gasteiger partial charge in [0.05, 0.1) is 10.7 Å².